The van der Waals surface area contributed by atoms with Crippen LogP contribution in [0.3, 0.4) is 0 Å². The number of aromatic hydroxyl groups is 1. The minimum Gasteiger partial charge on any atom is -0.508 e. The van der Waals surface area contributed by atoms with Gasteiger partial charge in [0.15, 0.2) is 0 Å². The van der Waals surface area contributed by atoms with Crippen LogP contribution in [0.15, 0.2) is 52.3 Å². The normalized spacial score (nSPS) is 10.2. The van der Waals surface area contributed by atoms with Gasteiger partial charge in [-0.3, -0.25) is 10.1 Å². The fourth-order valence-corrected chi connectivity index (χ4v) is 2.52. The highest BCUT2D eigenvalue weighted by Gasteiger charge is 2.11. The second-order valence-electron chi connectivity index (χ2n) is 3.95. The van der Waals surface area contributed by atoms with Gasteiger partial charge in [-0.15, -0.1) is 0 Å². The van der Waals surface area contributed by atoms with E-state index >= 15 is 0 Å². The molecule has 0 unspecified atom stereocenters. The molecular weight excluding hydrogens is 278 g/mol. The SMILES string of the molecule is CCOc1cc(Sc2ccc(O)cc2)cc([N+](=O)[O-])c1. The van der Waals surface area contributed by atoms with Crippen LogP contribution in [-0.4, -0.2) is 16.6 Å². The molecule has 0 atom stereocenters. The Hall–Kier alpha value is -2.21. The van der Waals surface area contributed by atoms with Gasteiger partial charge in [0, 0.05) is 15.9 Å². The molecular formula is C14H13NO4S. The van der Waals surface area contributed by atoms with Gasteiger partial charge in [-0.05, 0) is 37.3 Å². The molecule has 0 fully saturated rings. The van der Waals surface area contributed by atoms with Crippen molar-refractivity contribution in [2.24, 2.45) is 0 Å². The number of rotatable bonds is 5. The summed E-state index contributed by atoms with van der Waals surface area (Å²) >= 11 is 1.37. The van der Waals surface area contributed by atoms with Crippen LogP contribution in [0.4, 0.5) is 5.69 Å². The fourth-order valence-electron chi connectivity index (χ4n) is 1.62. The van der Waals surface area contributed by atoms with Crippen molar-refractivity contribution in [3.8, 4) is 11.5 Å². The number of nitro groups is 1. The number of nitro benzene ring substituents is 1. The van der Waals surface area contributed by atoms with E-state index in [1.54, 1.807) is 30.3 Å². The van der Waals surface area contributed by atoms with Gasteiger partial charge in [0.05, 0.1) is 17.6 Å². The zero-order chi connectivity index (χ0) is 14.5. The summed E-state index contributed by atoms with van der Waals surface area (Å²) < 4.78 is 5.34. The van der Waals surface area contributed by atoms with Crippen molar-refractivity contribution in [3.05, 3.63) is 52.6 Å². The Morgan fingerprint density at radius 3 is 2.50 bits per heavy atom. The van der Waals surface area contributed by atoms with E-state index in [-0.39, 0.29) is 11.4 Å². The molecule has 104 valence electrons. The molecule has 2 aromatic carbocycles. The van der Waals surface area contributed by atoms with Gasteiger partial charge in [0.25, 0.3) is 5.69 Å². The second-order valence-corrected chi connectivity index (χ2v) is 5.10. The molecule has 0 saturated heterocycles. The molecule has 5 nitrogen and oxygen atoms in total. The van der Waals surface area contributed by atoms with E-state index in [0.717, 1.165) is 4.90 Å². The van der Waals surface area contributed by atoms with Crippen molar-refractivity contribution >= 4 is 17.4 Å². The van der Waals surface area contributed by atoms with Gasteiger partial charge in [-0.2, -0.15) is 0 Å². The third kappa shape index (κ3) is 3.64. The van der Waals surface area contributed by atoms with Gasteiger partial charge in [-0.25, -0.2) is 0 Å². The lowest BCUT2D eigenvalue weighted by Gasteiger charge is -2.06. The Morgan fingerprint density at radius 2 is 1.90 bits per heavy atom. The average Bonchev–Trinajstić information content (AvgIpc) is 2.41. The molecule has 1 N–H and O–H groups in total. The summed E-state index contributed by atoms with van der Waals surface area (Å²) in [5.41, 5.74) is -0.00257. The first-order chi connectivity index (χ1) is 9.58. The van der Waals surface area contributed by atoms with E-state index in [4.69, 9.17) is 4.74 Å². The summed E-state index contributed by atoms with van der Waals surface area (Å²) in [6.07, 6.45) is 0. The number of ether oxygens (including phenoxy) is 1. The molecule has 0 saturated carbocycles. The first-order valence-electron chi connectivity index (χ1n) is 5.97. The number of hydrogen-bond acceptors (Lipinski definition) is 5. The van der Waals surface area contributed by atoms with Crippen molar-refractivity contribution in [2.45, 2.75) is 16.7 Å². The molecule has 0 aromatic heterocycles. The maximum absolute atomic E-state index is 10.9. The summed E-state index contributed by atoms with van der Waals surface area (Å²) in [7, 11) is 0. The maximum atomic E-state index is 10.9. The zero-order valence-corrected chi connectivity index (χ0v) is 11.6. The standard InChI is InChI=1S/C14H13NO4S/c1-2-19-12-7-10(15(17)18)8-14(9-12)20-13-5-3-11(16)4-6-13/h3-9,16H,2H2,1H3. The summed E-state index contributed by atoms with van der Waals surface area (Å²) in [5.74, 6) is 0.659. The summed E-state index contributed by atoms with van der Waals surface area (Å²) in [6, 6.07) is 11.3. The van der Waals surface area contributed by atoms with Crippen LogP contribution in [0.1, 0.15) is 6.92 Å². The van der Waals surface area contributed by atoms with Gasteiger partial charge in [0.2, 0.25) is 0 Å². The van der Waals surface area contributed by atoms with E-state index in [0.29, 0.717) is 17.3 Å². The molecule has 2 aromatic rings. The van der Waals surface area contributed by atoms with E-state index in [2.05, 4.69) is 0 Å². The van der Waals surface area contributed by atoms with Gasteiger partial charge in [0.1, 0.15) is 11.5 Å². The average molecular weight is 291 g/mol. The minimum atomic E-state index is -0.441. The van der Waals surface area contributed by atoms with Crippen molar-refractivity contribution in [3.63, 3.8) is 0 Å². The van der Waals surface area contributed by atoms with E-state index < -0.39 is 4.92 Å². The second kappa shape index (κ2) is 6.29. The number of benzene rings is 2. The Labute approximate surface area is 120 Å². The third-order valence-corrected chi connectivity index (χ3v) is 3.44. The largest absolute Gasteiger partial charge is 0.508 e. The van der Waals surface area contributed by atoms with Crippen molar-refractivity contribution in [2.75, 3.05) is 6.61 Å². The van der Waals surface area contributed by atoms with Crippen LogP contribution >= 0.6 is 11.8 Å². The van der Waals surface area contributed by atoms with Crippen LogP contribution in [0, 0.1) is 10.1 Å². The van der Waals surface area contributed by atoms with Crippen LogP contribution in [-0.2, 0) is 0 Å². The lowest BCUT2D eigenvalue weighted by molar-refractivity contribution is -0.385. The molecule has 0 radical (unpaired) electrons. The Kier molecular flexibility index (Phi) is 4.47. The molecule has 0 aliphatic carbocycles. The van der Waals surface area contributed by atoms with Gasteiger partial charge >= 0.3 is 0 Å². The quantitative estimate of drug-likeness (QED) is 0.669. The molecule has 6 heteroatoms. The van der Waals surface area contributed by atoms with Crippen LogP contribution in [0.5, 0.6) is 11.5 Å². The number of hydrogen-bond donors (Lipinski definition) is 1. The van der Waals surface area contributed by atoms with Crippen LogP contribution < -0.4 is 4.74 Å². The molecule has 0 aliphatic rings. The highest BCUT2D eigenvalue weighted by molar-refractivity contribution is 7.99. The topological polar surface area (TPSA) is 72.6 Å². The summed E-state index contributed by atoms with van der Waals surface area (Å²) in [5, 5.41) is 20.1. The van der Waals surface area contributed by atoms with E-state index in [1.165, 1.54) is 23.9 Å². The lowest BCUT2D eigenvalue weighted by Crippen LogP contribution is -1.94. The number of phenols is 1. The Bertz CT molecular complexity index is 613. The number of non-ortho nitro benzene ring substituents is 1. The lowest BCUT2D eigenvalue weighted by atomic mass is 10.3. The monoisotopic (exact) mass is 291 g/mol. The smallest absolute Gasteiger partial charge is 0.274 e. The third-order valence-electron chi connectivity index (χ3n) is 2.46. The molecule has 0 aliphatic heterocycles. The van der Waals surface area contributed by atoms with E-state index in [9.17, 15) is 15.2 Å². The number of nitrogens with zero attached hydrogens (tertiary/aromatic N) is 1. The van der Waals surface area contributed by atoms with Crippen molar-refractivity contribution in [1.82, 2.24) is 0 Å². The van der Waals surface area contributed by atoms with Crippen molar-refractivity contribution < 1.29 is 14.8 Å². The first-order valence-corrected chi connectivity index (χ1v) is 6.79. The molecule has 0 heterocycles. The van der Waals surface area contributed by atoms with Crippen molar-refractivity contribution in [1.29, 1.82) is 0 Å². The molecule has 2 rings (SSSR count). The zero-order valence-electron chi connectivity index (χ0n) is 10.8. The predicted molar refractivity (Wildman–Crippen MR) is 76.5 cm³/mol. The predicted octanol–water partition coefficient (Wildman–Crippen LogP) is 3.85. The Balaban J connectivity index is 2.29. The highest BCUT2D eigenvalue weighted by Crippen LogP contribution is 2.34. The molecule has 20 heavy (non-hydrogen) atoms. The minimum absolute atomic E-state index is 0.00257. The maximum Gasteiger partial charge on any atom is 0.274 e. The molecule has 0 bridgehead atoms. The molecule has 0 spiro atoms. The van der Waals surface area contributed by atoms with E-state index in [1.807, 2.05) is 6.92 Å². The molecule has 0 amide bonds. The fraction of sp³-hybridized carbons (Fsp3) is 0.143. The summed E-state index contributed by atoms with van der Waals surface area (Å²) in [4.78, 5) is 12.1. The Morgan fingerprint density at radius 1 is 1.20 bits per heavy atom. The van der Waals surface area contributed by atoms with Gasteiger partial charge < -0.3 is 9.84 Å². The number of phenolic OH excluding ortho intramolecular Hbond substituents is 1. The van der Waals surface area contributed by atoms with Crippen LogP contribution in [0.2, 0.25) is 0 Å². The first kappa shape index (κ1) is 14.2. The van der Waals surface area contributed by atoms with Gasteiger partial charge in [-0.1, -0.05) is 11.8 Å². The van der Waals surface area contributed by atoms with Crippen LogP contribution in [0.25, 0.3) is 0 Å². The highest BCUT2D eigenvalue weighted by atomic mass is 32.2. The summed E-state index contributed by atoms with van der Waals surface area (Å²) in [6.45, 7) is 2.27.